The molecule has 0 atom stereocenters. The van der Waals surface area contributed by atoms with Crippen molar-refractivity contribution >= 4 is 34.0 Å². The van der Waals surface area contributed by atoms with Crippen LogP contribution in [0, 0.1) is 6.92 Å². The van der Waals surface area contributed by atoms with Gasteiger partial charge in [0, 0.05) is 33.5 Å². The maximum absolute atomic E-state index is 13.3. The van der Waals surface area contributed by atoms with Gasteiger partial charge in [0.2, 0.25) is 0 Å². The van der Waals surface area contributed by atoms with Crippen LogP contribution in [0.15, 0.2) is 84.9 Å². The molecule has 7 nitrogen and oxygen atoms in total. The molecule has 1 aromatic heterocycles. The minimum absolute atomic E-state index is 0.183. The van der Waals surface area contributed by atoms with Gasteiger partial charge in [0.15, 0.2) is 0 Å². The topological polar surface area (TPSA) is 94.2 Å². The summed E-state index contributed by atoms with van der Waals surface area (Å²) in [5.41, 5.74) is 12.5. The van der Waals surface area contributed by atoms with E-state index in [1.54, 1.807) is 4.68 Å². The summed E-state index contributed by atoms with van der Waals surface area (Å²) in [4.78, 5) is 13.3. The van der Waals surface area contributed by atoms with Crippen molar-refractivity contribution in [3.63, 3.8) is 0 Å². The zero-order valence-electron chi connectivity index (χ0n) is 24.3. The normalized spacial score (nSPS) is 11.4. The van der Waals surface area contributed by atoms with E-state index in [1.807, 2.05) is 85.8 Å². The highest BCUT2D eigenvalue weighted by Gasteiger charge is 2.22. The molecule has 4 aromatic carbocycles. The van der Waals surface area contributed by atoms with E-state index in [9.17, 15) is 4.79 Å². The highest BCUT2D eigenvalue weighted by atomic mass is 16.5. The van der Waals surface area contributed by atoms with Gasteiger partial charge in [-0.2, -0.15) is 5.10 Å². The van der Waals surface area contributed by atoms with E-state index in [2.05, 4.69) is 44.4 Å². The number of hydrogen-bond acceptors (Lipinski definition) is 4. The Morgan fingerprint density at radius 3 is 2.34 bits per heavy atom. The van der Waals surface area contributed by atoms with Gasteiger partial charge in [-0.25, -0.2) is 9.48 Å². The molecule has 0 saturated heterocycles. The number of carbonyl (C=O) groups excluding carboxylic acids is 1. The van der Waals surface area contributed by atoms with Crippen molar-refractivity contribution in [2.24, 2.45) is 0 Å². The lowest BCUT2D eigenvalue weighted by Crippen LogP contribution is -2.21. The molecule has 0 bridgehead atoms. The number of amides is 2. The van der Waals surface area contributed by atoms with E-state index in [1.165, 1.54) is 5.56 Å². The van der Waals surface area contributed by atoms with Crippen LogP contribution in [0.1, 0.15) is 50.1 Å². The largest absolute Gasteiger partial charge is 0.488 e. The summed E-state index contributed by atoms with van der Waals surface area (Å²) >= 11 is 0. The minimum atomic E-state index is -0.360. The molecule has 0 saturated carbocycles. The second kappa shape index (κ2) is 11.4. The van der Waals surface area contributed by atoms with Gasteiger partial charge in [-0.15, -0.1) is 0 Å². The number of aromatic nitrogens is 2. The number of ether oxygens (including phenoxy) is 1. The number of rotatable bonds is 7. The van der Waals surface area contributed by atoms with Gasteiger partial charge >= 0.3 is 6.03 Å². The van der Waals surface area contributed by atoms with Gasteiger partial charge in [-0.3, -0.25) is 5.32 Å². The van der Waals surface area contributed by atoms with Gasteiger partial charge in [-0.05, 0) is 49.2 Å². The van der Waals surface area contributed by atoms with E-state index in [-0.39, 0.29) is 11.4 Å². The number of nitrogens with zero attached hydrogens (tertiary/aromatic N) is 2. The van der Waals surface area contributed by atoms with Crippen molar-refractivity contribution in [2.45, 2.75) is 53.1 Å². The number of nitrogens with one attached hydrogen (secondary N) is 2. The average molecular weight is 548 g/mol. The fraction of sp³-hybridized carbons (Fsp3) is 0.235. The van der Waals surface area contributed by atoms with Crippen LogP contribution in [-0.2, 0) is 18.4 Å². The molecule has 41 heavy (non-hydrogen) atoms. The molecule has 5 aromatic rings. The second-order valence-corrected chi connectivity index (χ2v) is 11.3. The molecule has 5 rings (SSSR count). The standard InChI is InChI=1S/C34H37N5O2/c1-6-23-13-14-24(28(35)19-23)21-41-30-18-17-29(26-9-7-8-10-27(26)30)36-33(40)37-32-20-31(34(3,4)5)38-39(32)25-15-11-22(2)12-16-25/h7-20H,6,21,35H2,1-5H3,(H2,36,37,40). The van der Waals surface area contributed by atoms with Crippen LogP contribution in [0.25, 0.3) is 16.5 Å². The van der Waals surface area contributed by atoms with Gasteiger partial charge < -0.3 is 15.8 Å². The number of hydrogen-bond donors (Lipinski definition) is 3. The van der Waals surface area contributed by atoms with E-state index in [4.69, 9.17) is 15.6 Å². The molecule has 0 fully saturated rings. The van der Waals surface area contributed by atoms with Crippen LogP contribution in [0.4, 0.5) is 22.0 Å². The maximum atomic E-state index is 13.3. The molecule has 0 spiro atoms. The first kappa shape index (κ1) is 27.8. The van der Waals surface area contributed by atoms with E-state index < -0.39 is 0 Å². The Morgan fingerprint density at radius 1 is 0.927 bits per heavy atom. The number of fused-ring (bicyclic) bond motifs is 1. The lowest BCUT2D eigenvalue weighted by atomic mass is 9.92. The molecule has 0 aliphatic carbocycles. The molecule has 7 heteroatoms. The molecular formula is C34H37N5O2. The number of nitrogen functional groups attached to an aromatic ring is 1. The van der Waals surface area contributed by atoms with Gasteiger partial charge in [0.1, 0.15) is 18.2 Å². The number of carbonyl (C=O) groups is 1. The van der Waals surface area contributed by atoms with Crippen molar-refractivity contribution in [2.75, 3.05) is 16.4 Å². The summed E-state index contributed by atoms with van der Waals surface area (Å²) < 4.78 is 7.97. The van der Waals surface area contributed by atoms with E-state index in [0.717, 1.165) is 51.1 Å². The molecule has 4 N–H and O–H groups in total. The van der Waals surface area contributed by atoms with Crippen LogP contribution >= 0.6 is 0 Å². The molecule has 0 aliphatic heterocycles. The lowest BCUT2D eigenvalue weighted by Gasteiger charge is -2.15. The number of urea groups is 1. The SMILES string of the molecule is CCc1ccc(COc2ccc(NC(=O)Nc3cc(C(C)(C)C)nn3-c3ccc(C)cc3)c3ccccc23)c(N)c1. The predicted octanol–water partition coefficient (Wildman–Crippen LogP) is 8.00. The minimum Gasteiger partial charge on any atom is -0.488 e. The molecule has 0 radical (unpaired) electrons. The molecule has 210 valence electrons. The van der Waals surface area contributed by atoms with Gasteiger partial charge in [0.25, 0.3) is 0 Å². The Balaban J connectivity index is 1.38. The van der Waals surface area contributed by atoms with Gasteiger partial charge in [-0.1, -0.05) is 81.8 Å². The van der Waals surface area contributed by atoms with Crippen molar-refractivity contribution in [3.8, 4) is 11.4 Å². The Labute approximate surface area is 241 Å². The first-order chi connectivity index (χ1) is 19.6. The number of anilines is 3. The summed E-state index contributed by atoms with van der Waals surface area (Å²) in [6.45, 7) is 10.8. The summed E-state index contributed by atoms with van der Waals surface area (Å²) in [5.74, 6) is 1.31. The summed E-state index contributed by atoms with van der Waals surface area (Å²) in [7, 11) is 0. The smallest absolute Gasteiger partial charge is 0.324 e. The monoisotopic (exact) mass is 547 g/mol. The third-order valence-corrected chi connectivity index (χ3v) is 7.13. The Kier molecular flexibility index (Phi) is 7.70. The summed E-state index contributed by atoms with van der Waals surface area (Å²) in [6, 6.07) is 27.3. The van der Waals surface area contributed by atoms with E-state index in [0.29, 0.717) is 18.1 Å². The highest BCUT2D eigenvalue weighted by Crippen LogP contribution is 2.33. The Morgan fingerprint density at radius 2 is 1.66 bits per heavy atom. The quantitative estimate of drug-likeness (QED) is 0.180. The van der Waals surface area contributed by atoms with E-state index >= 15 is 0 Å². The second-order valence-electron chi connectivity index (χ2n) is 11.3. The molecule has 0 unspecified atom stereocenters. The molecule has 2 amide bonds. The van der Waals surface area contributed by atoms with Crippen molar-refractivity contribution < 1.29 is 9.53 Å². The predicted molar refractivity (Wildman–Crippen MR) is 168 cm³/mol. The first-order valence-corrected chi connectivity index (χ1v) is 13.9. The first-order valence-electron chi connectivity index (χ1n) is 13.9. The zero-order valence-corrected chi connectivity index (χ0v) is 24.3. The number of benzene rings is 4. The van der Waals surface area contributed by atoms with Crippen LogP contribution in [0.2, 0.25) is 0 Å². The fourth-order valence-electron chi connectivity index (χ4n) is 4.65. The third-order valence-electron chi connectivity index (χ3n) is 7.13. The third kappa shape index (κ3) is 6.19. The fourth-order valence-corrected chi connectivity index (χ4v) is 4.65. The maximum Gasteiger partial charge on any atom is 0.324 e. The van der Waals surface area contributed by atoms with Crippen LogP contribution in [0.5, 0.6) is 5.75 Å². The van der Waals surface area contributed by atoms with Crippen molar-refractivity contribution in [1.29, 1.82) is 0 Å². The van der Waals surface area contributed by atoms with Crippen molar-refractivity contribution in [1.82, 2.24) is 9.78 Å². The molecule has 1 heterocycles. The van der Waals surface area contributed by atoms with Crippen molar-refractivity contribution in [3.05, 3.63) is 107 Å². The Bertz CT molecular complexity index is 1700. The van der Waals surface area contributed by atoms with Crippen LogP contribution in [-0.4, -0.2) is 15.8 Å². The Hall–Kier alpha value is -4.78. The highest BCUT2D eigenvalue weighted by molar-refractivity contribution is 6.07. The van der Waals surface area contributed by atoms with Crippen LogP contribution < -0.4 is 21.1 Å². The lowest BCUT2D eigenvalue weighted by molar-refractivity contribution is 0.262. The zero-order chi connectivity index (χ0) is 29.1. The molecular weight excluding hydrogens is 510 g/mol. The number of aryl methyl sites for hydroxylation is 2. The summed E-state index contributed by atoms with van der Waals surface area (Å²) in [6.07, 6.45) is 0.935. The van der Waals surface area contributed by atoms with Crippen LogP contribution in [0.3, 0.4) is 0 Å². The molecule has 0 aliphatic rings. The van der Waals surface area contributed by atoms with Gasteiger partial charge in [0.05, 0.1) is 17.1 Å². The average Bonchev–Trinajstić information content (AvgIpc) is 3.37. The summed E-state index contributed by atoms with van der Waals surface area (Å²) in [5, 5.41) is 12.6. The number of nitrogens with two attached hydrogens (primary N) is 1.